The zero-order chi connectivity index (χ0) is 20.8. The normalized spacial score (nSPS) is 27.8. The largest absolute Gasteiger partial charge is 0.466 e. The maximum Gasteiger partial charge on any atom is 0.311 e. The molecule has 0 spiro atoms. The fourth-order valence-corrected chi connectivity index (χ4v) is 6.47. The summed E-state index contributed by atoms with van der Waals surface area (Å²) in [6.07, 6.45) is 6.48. The van der Waals surface area contributed by atoms with Gasteiger partial charge in [0, 0.05) is 10.9 Å². The summed E-state index contributed by atoms with van der Waals surface area (Å²) in [6, 6.07) is 3.76. The van der Waals surface area contributed by atoms with Crippen LogP contribution in [0.5, 0.6) is 0 Å². The number of halogens is 2. The summed E-state index contributed by atoms with van der Waals surface area (Å²) < 4.78 is 20.8. The predicted octanol–water partition coefficient (Wildman–Crippen LogP) is 5.65. The van der Waals surface area contributed by atoms with Crippen molar-refractivity contribution in [2.24, 2.45) is 17.8 Å². The molecule has 2 aromatic heterocycles. The Morgan fingerprint density at radius 3 is 2.63 bits per heavy atom. The SMILES string of the molecule is CCOC(=O)[C@H]1C2CCC(CC2)[C@@H]1Nc1nc(Cl)nc(-c2ccc(C3CC3)s2)c1F. The van der Waals surface area contributed by atoms with Crippen molar-refractivity contribution in [2.75, 3.05) is 11.9 Å². The maximum absolute atomic E-state index is 15.5. The van der Waals surface area contributed by atoms with E-state index in [2.05, 4.69) is 21.4 Å². The van der Waals surface area contributed by atoms with Gasteiger partial charge in [-0.3, -0.25) is 4.79 Å². The van der Waals surface area contributed by atoms with Crippen LogP contribution in [0.15, 0.2) is 12.1 Å². The van der Waals surface area contributed by atoms with Gasteiger partial charge in [-0.05, 0) is 86.9 Å². The molecular formula is C22H25ClFN3O2S. The lowest BCUT2D eigenvalue weighted by atomic mass is 9.61. The molecule has 2 atom stereocenters. The molecule has 2 aromatic rings. The Kier molecular flexibility index (Phi) is 5.44. The highest BCUT2D eigenvalue weighted by Gasteiger charge is 2.48. The summed E-state index contributed by atoms with van der Waals surface area (Å²) in [5, 5.41) is 3.26. The van der Waals surface area contributed by atoms with E-state index in [4.69, 9.17) is 16.3 Å². The van der Waals surface area contributed by atoms with Crippen molar-refractivity contribution in [3.63, 3.8) is 0 Å². The monoisotopic (exact) mass is 449 g/mol. The van der Waals surface area contributed by atoms with Crippen LogP contribution in [0.3, 0.4) is 0 Å². The average Bonchev–Trinajstić information content (AvgIpc) is 3.48. The maximum atomic E-state index is 15.5. The van der Waals surface area contributed by atoms with Crippen LogP contribution in [0.4, 0.5) is 10.2 Å². The third-order valence-corrected chi connectivity index (χ3v) is 8.17. The number of nitrogens with zero attached hydrogens (tertiary/aromatic N) is 2. The van der Waals surface area contributed by atoms with Crippen LogP contribution in [-0.4, -0.2) is 28.6 Å². The first-order chi connectivity index (χ1) is 14.5. The van der Waals surface area contributed by atoms with E-state index in [1.165, 1.54) is 17.7 Å². The third-order valence-electron chi connectivity index (χ3n) is 6.75. The van der Waals surface area contributed by atoms with Gasteiger partial charge in [-0.25, -0.2) is 9.37 Å². The molecule has 0 radical (unpaired) electrons. The van der Waals surface area contributed by atoms with Crippen molar-refractivity contribution in [1.29, 1.82) is 0 Å². The topological polar surface area (TPSA) is 64.1 Å². The Bertz CT molecular complexity index is 956. The first kappa shape index (κ1) is 20.2. The molecule has 160 valence electrons. The van der Waals surface area contributed by atoms with E-state index in [1.54, 1.807) is 11.3 Å². The number of carbonyl (C=O) groups excluding carboxylic acids is 1. The quantitative estimate of drug-likeness (QED) is 0.455. The highest BCUT2D eigenvalue weighted by molar-refractivity contribution is 7.15. The average molecular weight is 450 g/mol. The second-order valence-corrected chi connectivity index (χ2v) is 10.1. The van der Waals surface area contributed by atoms with Crippen molar-refractivity contribution in [1.82, 2.24) is 9.97 Å². The third kappa shape index (κ3) is 3.71. The van der Waals surface area contributed by atoms with Crippen LogP contribution < -0.4 is 5.32 Å². The van der Waals surface area contributed by atoms with Crippen LogP contribution in [0.25, 0.3) is 10.6 Å². The van der Waals surface area contributed by atoms with Crippen LogP contribution in [0.1, 0.15) is 56.2 Å². The van der Waals surface area contributed by atoms with Gasteiger partial charge in [-0.2, -0.15) is 4.98 Å². The molecule has 0 unspecified atom stereocenters. The highest BCUT2D eigenvalue weighted by Crippen LogP contribution is 2.48. The minimum absolute atomic E-state index is 0.00363. The number of nitrogens with one attached hydrogen (secondary N) is 1. The molecule has 6 rings (SSSR count). The number of aromatic nitrogens is 2. The van der Waals surface area contributed by atoms with Crippen LogP contribution in [-0.2, 0) is 9.53 Å². The first-order valence-electron chi connectivity index (χ1n) is 10.8. The number of esters is 1. The van der Waals surface area contributed by atoms with Crippen LogP contribution >= 0.6 is 22.9 Å². The summed E-state index contributed by atoms with van der Waals surface area (Å²) in [4.78, 5) is 23.0. The number of fused-ring (bicyclic) bond motifs is 3. The molecule has 4 fully saturated rings. The van der Waals surface area contributed by atoms with Gasteiger partial charge in [0.05, 0.1) is 17.4 Å². The van der Waals surface area contributed by atoms with E-state index in [9.17, 15) is 4.79 Å². The van der Waals surface area contributed by atoms with Gasteiger partial charge in [0.25, 0.3) is 0 Å². The van der Waals surface area contributed by atoms with E-state index in [0.29, 0.717) is 18.4 Å². The van der Waals surface area contributed by atoms with Gasteiger partial charge in [-0.15, -0.1) is 11.3 Å². The predicted molar refractivity (Wildman–Crippen MR) is 115 cm³/mol. The highest BCUT2D eigenvalue weighted by atomic mass is 35.5. The second kappa shape index (κ2) is 8.08. The van der Waals surface area contributed by atoms with Crippen molar-refractivity contribution < 1.29 is 13.9 Å². The number of rotatable bonds is 6. The Labute approximate surface area is 184 Å². The second-order valence-electron chi connectivity index (χ2n) is 8.60. The zero-order valence-corrected chi connectivity index (χ0v) is 18.4. The van der Waals surface area contributed by atoms with E-state index in [0.717, 1.165) is 30.6 Å². The van der Waals surface area contributed by atoms with Crippen LogP contribution in [0, 0.1) is 23.6 Å². The van der Waals surface area contributed by atoms with Crippen molar-refractivity contribution in [2.45, 2.75) is 57.4 Å². The molecule has 0 aromatic carbocycles. The molecule has 2 bridgehead atoms. The summed E-state index contributed by atoms with van der Waals surface area (Å²) in [5.74, 6) is 0.263. The summed E-state index contributed by atoms with van der Waals surface area (Å²) in [5.41, 5.74) is 0.225. The van der Waals surface area contributed by atoms with Gasteiger partial charge in [0.1, 0.15) is 5.69 Å². The summed E-state index contributed by atoms with van der Waals surface area (Å²) >= 11 is 7.75. The van der Waals surface area contributed by atoms with Gasteiger partial charge < -0.3 is 10.1 Å². The summed E-state index contributed by atoms with van der Waals surface area (Å²) in [6.45, 7) is 2.16. The molecule has 0 saturated heterocycles. The molecular weight excluding hydrogens is 425 g/mol. The van der Waals surface area contributed by atoms with E-state index in [1.807, 2.05) is 13.0 Å². The van der Waals surface area contributed by atoms with Gasteiger partial charge in [-0.1, -0.05) is 0 Å². The van der Waals surface area contributed by atoms with Gasteiger partial charge >= 0.3 is 5.97 Å². The number of anilines is 1. The molecule has 30 heavy (non-hydrogen) atoms. The molecule has 5 nitrogen and oxygen atoms in total. The number of ether oxygens (including phenoxy) is 1. The minimum atomic E-state index is -0.507. The van der Waals surface area contributed by atoms with E-state index in [-0.39, 0.29) is 40.6 Å². The Balaban J connectivity index is 1.46. The van der Waals surface area contributed by atoms with Crippen molar-refractivity contribution in [3.8, 4) is 10.6 Å². The fourth-order valence-electron chi connectivity index (χ4n) is 5.14. The molecule has 1 N–H and O–H groups in total. The molecule has 4 saturated carbocycles. The molecule has 4 aliphatic rings. The van der Waals surface area contributed by atoms with Gasteiger partial charge in [0.15, 0.2) is 11.6 Å². The Hall–Kier alpha value is -1.73. The fraction of sp³-hybridized carbons (Fsp3) is 0.591. The summed E-state index contributed by atoms with van der Waals surface area (Å²) in [7, 11) is 0. The standard InChI is InChI=1S/C22H25ClFN3O2S/c1-2-29-21(28)16-12-5-7-13(8-6-12)18(16)25-20-17(24)19(26-22(23)27-20)15-10-9-14(30-15)11-3-4-11/h9-13,16,18H,2-8H2,1H3,(H,25,26,27)/t12?,13?,16-,18-/m0/s1. The number of carbonyl (C=O) groups is 1. The molecule has 2 heterocycles. The Morgan fingerprint density at radius 2 is 1.93 bits per heavy atom. The first-order valence-corrected chi connectivity index (χ1v) is 12.0. The lowest BCUT2D eigenvalue weighted by Gasteiger charge is -2.47. The lowest BCUT2D eigenvalue weighted by Crippen LogP contribution is -2.52. The zero-order valence-electron chi connectivity index (χ0n) is 16.9. The number of hydrogen-bond donors (Lipinski definition) is 1. The Morgan fingerprint density at radius 1 is 1.20 bits per heavy atom. The molecule has 4 aliphatic carbocycles. The molecule has 0 amide bonds. The van der Waals surface area contributed by atoms with E-state index < -0.39 is 5.82 Å². The molecule has 0 aliphatic heterocycles. The molecule has 8 heteroatoms. The van der Waals surface area contributed by atoms with E-state index >= 15 is 4.39 Å². The van der Waals surface area contributed by atoms with Gasteiger partial charge in [0.2, 0.25) is 5.28 Å². The number of hydrogen-bond acceptors (Lipinski definition) is 6. The number of thiophene rings is 1. The van der Waals surface area contributed by atoms with Crippen molar-refractivity contribution in [3.05, 3.63) is 28.1 Å². The smallest absolute Gasteiger partial charge is 0.311 e. The van der Waals surface area contributed by atoms with Crippen molar-refractivity contribution >= 4 is 34.7 Å². The minimum Gasteiger partial charge on any atom is -0.466 e. The lowest BCUT2D eigenvalue weighted by molar-refractivity contribution is -0.154. The van der Waals surface area contributed by atoms with Crippen LogP contribution in [0.2, 0.25) is 5.28 Å².